The van der Waals surface area contributed by atoms with Crippen molar-refractivity contribution in [1.29, 1.82) is 0 Å². The Balaban J connectivity index is 4.07. The Hall–Kier alpha value is -2.37. The van der Waals surface area contributed by atoms with Gasteiger partial charge in [-0.1, -0.05) is 346 Å². The molecule has 0 heterocycles. The summed E-state index contributed by atoms with van der Waals surface area (Å²) in [6, 6.07) is 0. The van der Waals surface area contributed by atoms with Crippen LogP contribution < -0.4 is 0 Å². The maximum absolute atomic E-state index is 12.9. The first-order valence-corrected chi connectivity index (χ1v) is 36.0. The first-order chi connectivity index (χ1) is 39.5. The van der Waals surface area contributed by atoms with E-state index in [0.717, 1.165) is 70.6 Å². The predicted molar refractivity (Wildman–Crippen MR) is 349 cm³/mol. The number of carbonyl (C=O) groups excluding carboxylic acids is 3. The molecule has 0 N–H and O–H groups in total. The number of carbonyl (C=O) groups is 3. The average molecular weight is 1120 g/mol. The van der Waals surface area contributed by atoms with Crippen LogP contribution in [0, 0.1) is 0 Å². The molecular formula is C74H138O6. The van der Waals surface area contributed by atoms with E-state index in [2.05, 4.69) is 57.2 Å². The molecule has 0 rings (SSSR count). The summed E-state index contributed by atoms with van der Waals surface area (Å²) < 4.78 is 17.0. The first kappa shape index (κ1) is 77.6. The SMILES string of the molecule is CCCC/C=C\CCCCCCCC(=O)OCC(COC(=O)CCCCCCCCCCCCCCCCCCCCCCC/C=C\C/C=C\CCCCCCC)OC(=O)CCCCCCCCCCCCCCCCCCCC. The molecule has 0 spiro atoms. The van der Waals surface area contributed by atoms with Crippen LogP contribution in [0.5, 0.6) is 0 Å². The molecule has 6 nitrogen and oxygen atoms in total. The summed E-state index contributed by atoms with van der Waals surface area (Å²) in [7, 11) is 0. The minimum Gasteiger partial charge on any atom is -0.462 e. The Morgan fingerprint density at radius 2 is 0.463 bits per heavy atom. The fourth-order valence-corrected chi connectivity index (χ4v) is 10.9. The standard InChI is InChI=1S/C74H138O6/c1-4-7-10-13-16-19-22-24-26-28-30-31-32-33-34-35-36-37-38-39-40-41-42-43-44-46-47-49-52-55-58-61-64-67-73(76)79-70-71(69-78-72(75)66-63-60-57-54-51-21-18-15-12-9-6-3)80-74(77)68-65-62-59-56-53-50-48-45-29-27-25-23-20-17-14-11-8-5-2/h15,18,22,24,28,30,71H,4-14,16-17,19-21,23,25-27,29,31-70H2,1-3H3/b18-15-,24-22-,30-28-. The molecule has 1 atom stereocenters. The van der Waals surface area contributed by atoms with Crippen molar-refractivity contribution in [2.45, 2.75) is 406 Å². The van der Waals surface area contributed by atoms with E-state index in [1.54, 1.807) is 0 Å². The number of allylic oxidation sites excluding steroid dienone is 6. The molecule has 80 heavy (non-hydrogen) atoms. The van der Waals surface area contributed by atoms with Gasteiger partial charge in [0.25, 0.3) is 0 Å². The van der Waals surface area contributed by atoms with Crippen LogP contribution in [0.2, 0.25) is 0 Å². The van der Waals surface area contributed by atoms with Gasteiger partial charge in [0.05, 0.1) is 0 Å². The zero-order valence-electron chi connectivity index (χ0n) is 54.1. The van der Waals surface area contributed by atoms with Gasteiger partial charge in [-0.05, 0) is 70.6 Å². The molecule has 0 saturated carbocycles. The van der Waals surface area contributed by atoms with Crippen LogP contribution in [-0.4, -0.2) is 37.2 Å². The molecule has 0 saturated heterocycles. The molecule has 470 valence electrons. The van der Waals surface area contributed by atoms with E-state index >= 15 is 0 Å². The van der Waals surface area contributed by atoms with E-state index in [-0.39, 0.29) is 31.1 Å². The number of hydrogen-bond donors (Lipinski definition) is 0. The largest absolute Gasteiger partial charge is 0.462 e. The molecule has 1 unspecified atom stereocenters. The summed E-state index contributed by atoms with van der Waals surface area (Å²) in [5.74, 6) is -0.850. The van der Waals surface area contributed by atoms with E-state index in [4.69, 9.17) is 14.2 Å². The highest BCUT2D eigenvalue weighted by atomic mass is 16.6. The highest BCUT2D eigenvalue weighted by molar-refractivity contribution is 5.71. The molecule has 0 radical (unpaired) electrons. The van der Waals surface area contributed by atoms with Gasteiger partial charge in [-0.25, -0.2) is 0 Å². The normalized spacial score (nSPS) is 12.2. The molecule has 0 fully saturated rings. The highest BCUT2D eigenvalue weighted by Crippen LogP contribution is 2.19. The van der Waals surface area contributed by atoms with Gasteiger partial charge in [-0.3, -0.25) is 14.4 Å². The number of esters is 3. The van der Waals surface area contributed by atoms with Crippen LogP contribution in [-0.2, 0) is 28.6 Å². The minimum absolute atomic E-state index is 0.0684. The van der Waals surface area contributed by atoms with Crippen molar-refractivity contribution >= 4 is 17.9 Å². The zero-order valence-corrected chi connectivity index (χ0v) is 54.1. The third kappa shape index (κ3) is 66.4. The molecule has 0 aromatic heterocycles. The zero-order chi connectivity index (χ0) is 57.8. The lowest BCUT2D eigenvalue weighted by Crippen LogP contribution is -2.30. The summed E-state index contributed by atoms with van der Waals surface area (Å²) in [5, 5.41) is 0. The fourth-order valence-electron chi connectivity index (χ4n) is 10.9. The minimum atomic E-state index is -0.771. The topological polar surface area (TPSA) is 78.9 Å². The van der Waals surface area contributed by atoms with Gasteiger partial charge >= 0.3 is 17.9 Å². The second-order valence-electron chi connectivity index (χ2n) is 24.5. The maximum atomic E-state index is 12.9. The number of rotatable bonds is 67. The molecule has 0 aliphatic carbocycles. The van der Waals surface area contributed by atoms with Crippen LogP contribution in [0.15, 0.2) is 36.5 Å². The van der Waals surface area contributed by atoms with Gasteiger partial charge < -0.3 is 14.2 Å². The van der Waals surface area contributed by atoms with E-state index in [9.17, 15) is 14.4 Å². The smallest absolute Gasteiger partial charge is 0.306 e. The van der Waals surface area contributed by atoms with Crippen molar-refractivity contribution in [3.63, 3.8) is 0 Å². The summed E-state index contributed by atoms with van der Waals surface area (Å²) in [5.41, 5.74) is 0. The Bertz CT molecular complexity index is 1340. The average Bonchev–Trinajstić information content (AvgIpc) is 3.46. The summed E-state index contributed by atoms with van der Waals surface area (Å²) >= 11 is 0. The van der Waals surface area contributed by atoms with Crippen LogP contribution in [0.25, 0.3) is 0 Å². The van der Waals surface area contributed by atoms with Crippen LogP contribution in [0.3, 0.4) is 0 Å². The molecule has 0 bridgehead atoms. The molecular weight excluding hydrogens is 985 g/mol. The maximum Gasteiger partial charge on any atom is 0.306 e. The van der Waals surface area contributed by atoms with Crippen molar-refractivity contribution in [3.8, 4) is 0 Å². The third-order valence-electron chi connectivity index (χ3n) is 16.4. The first-order valence-electron chi connectivity index (χ1n) is 36.0. The van der Waals surface area contributed by atoms with Crippen molar-refractivity contribution in [3.05, 3.63) is 36.5 Å². The second-order valence-corrected chi connectivity index (χ2v) is 24.5. The van der Waals surface area contributed by atoms with Gasteiger partial charge in [-0.2, -0.15) is 0 Å². The predicted octanol–water partition coefficient (Wildman–Crippen LogP) is 24.7. The Morgan fingerprint density at radius 1 is 0.250 bits per heavy atom. The monoisotopic (exact) mass is 1120 g/mol. The fraction of sp³-hybridized carbons (Fsp3) is 0.878. The van der Waals surface area contributed by atoms with Crippen molar-refractivity contribution in [2.24, 2.45) is 0 Å². The Labute approximate surface area is 499 Å². The highest BCUT2D eigenvalue weighted by Gasteiger charge is 2.19. The number of unbranched alkanes of at least 4 members (excludes halogenated alkanes) is 50. The quantitative estimate of drug-likeness (QED) is 0.0261. The van der Waals surface area contributed by atoms with Crippen molar-refractivity contribution in [2.75, 3.05) is 13.2 Å². The van der Waals surface area contributed by atoms with Crippen molar-refractivity contribution < 1.29 is 28.6 Å². The lowest BCUT2D eigenvalue weighted by molar-refractivity contribution is -0.167. The summed E-state index contributed by atoms with van der Waals surface area (Å²) in [6.07, 6.45) is 86.3. The molecule has 6 heteroatoms. The van der Waals surface area contributed by atoms with Crippen LogP contribution >= 0.6 is 0 Å². The Morgan fingerprint density at radius 3 is 0.738 bits per heavy atom. The van der Waals surface area contributed by atoms with E-state index in [1.807, 2.05) is 0 Å². The number of ether oxygens (including phenoxy) is 3. The summed E-state index contributed by atoms with van der Waals surface area (Å²) in [6.45, 7) is 6.66. The van der Waals surface area contributed by atoms with Crippen molar-refractivity contribution in [1.82, 2.24) is 0 Å². The molecule has 0 aliphatic heterocycles. The Kier molecular flexibility index (Phi) is 67.1. The molecule has 0 aliphatic rings. The van der Waals surface area contributed by atoms with Gasteiger partial charge in [0.2, 0.25) is 0 Å². The lowest BCUT2D eigenvalue weighted by atomic mass is 10.0. The van der Waals surface area contributed by atoms with E-state index in [0.29, 0.717) is 19.3 Å². The van der Waals surface area contributed by atoms with Gasteiger partial charge in [0.1, 0.15) is 13.2 Å². The van der Waals surface area contributed by atoms with E-state index in [1.165, 1.54) is 289 Å². The second kappa shape index (κ2) is 69.1. The van der Waals surface area contributed by atoms with Gasteiger partial charge in [0, 0.05) is 19.3 Å². The third-order valence-corrected chi connectivity index (χ3v) is 16.4. The lowest BCUT2D eigenvalue weighted by Gasteiger charge is -2.18. The van der Waals surface area contributed by atoms with Gasteiger partial charge in [-0.15, -0.1) is 0 Å². The van der Waals surface area contributed by atoms with Crippen LogP contribution in [0.1, 0.15) is 400 Å². The molecule has 0 aromatic carbocycles. The van der Waals surface area contributed by atoms with Gasteiger partial charge in [0.15, 0.2) is 6.10 Å². The van der Waals surface area contributed by atoms with E-state index < -0.39 is 6.10 Å². The summed E-state index contributed by atoms with van der Waals surface area (Å²) in [4.78, 5) is 38.3. The number of hydrogen-bond acceptors (Lipinski definition) is 6. The molecule has 0 aromatic rings. The molecule has 0 amide bonds. The van der Waals surface area contributed by atoms with Crippen LogP contribution in [0.4, 0.5) is 0 Å².